The van der Waals surface area contributed by atoms with Crippen molar-refractivity contribution < 1.29 is 14.7 Å². The van der Waals surface area contributed by atoms with Crippen molar-refractivity contribution in [1.29, 1.82) is 0 Å². The van der Waals surface area contributed by atoms with Crippen molar-refractivity contribution in [3.63, 3.8) is 0 Å². The molecule has 1 atom stereocenters. The Hall–Kier alpha value is -2.67. The molecular weight excluding hydrogens is 296 g/mol. The molecule has 1 aromatic carbocycles. The molecule has 0 radical (unpaired) electrons. The van der Waals surface area contributed by atoms with Crippen LogP contribution in [0.4, 0.5) is 0 Å². The lowest BCUT2D eigenvalue weighted by Gasteiger charge is -2.21. The zero-order valence-corrected chi connectivity index (χ0v) is 13.3. The summed E-state index contributed by atoms with van der Waals surface area (Å²) in [4.78, 5) is 29.3. The van der Waals surface area contributed by atoms with Crippen molar-refractivity contribution in [2.45, 2.75) is 12.5 Å². The van der Waals surface area contributed by atoms with Gasteiger partial charge in [-0.3, -0.25) is 9.59 Å². The predicted octanol–water partition coefficient (Wildman–Crippen LogP) is 1.53. The summed E-state index contributed by atoms with van der Waals surface area (Å²) in [6.45, 7) is 0.656. The topological polar surface area (TPSA) is 98.3 Å². The first kappa shape index (κ1) is 18.4. The summed E-state index contributed by atoms with van der Waals surface area (Å²) in [6, 6.07) is 10.0. The smallest absolute Gasteiger partial charge is 0.290 e. The van der Waals surface area contributed by atoms with Crippen LogP contribution in [-0.2, 0) is 4.79 Å². The number of rotatable bonds is 6. The highest BCUT2D eigenvalue weighted by Crippen LogP contribution is 2.17. The monoisotopic (exact) mass is 318 g/mol. The van der Waals surface area contributed by atoms with Gasteiger partial charge >= 0.3 is 0 Å². The second-order valence-electron chi connectivity index (χ2n) is 5.10. The van der Waals surface area contributed by atoms with E-state index in [0.29, 0.717) is 5.69 Å². The fraction of sp³-hybridized carbons (Fsp3) is 0.312. The summed E-state index contributed by atoms with van der Waals surface area (Å²) < 4.78 is 0. The molecule has 1 heterocycles. The van der Waals surface area contributed by atoms with Crippen LogP contribution in [0.5, 0.6) is 0 Å². The van der Waals surface area contributed by atoms with Gasteiger partial charge in [-0.25, -0.2) is 4.98 Å². The normalized spacial score (nSPS) is 11.3. The highest BCUT2D eigenvalue weighted by atomic mass is 16.3. The number of imidazole rings is 1. The number of nitrogens with zero attached hydrogens (tertiary/aromatic N) is 2. The van der Waals surface area contributed by atoms with Crippen molar-refractivity contribution in [1.82, 2.24) is 20.2 Å². The molecule has 0 spiro atoms. The first-order valence-electron chi connectivity index (χ1n) is 7.15. The first-order valence-corrected chi connectivity index (χ1v) is 7.15. The van der Waals surface area contributed by atoms with Crippen LogP contribution in [0, 0.1) is 0 Å². The molecule has 3 N–H and O–H groups in total. The highest BCUT2D eigenvalue weighted by molar-refractivity contribution is 5.92. The number of aromatic nitrogens is 2. The van der Waals surface area contributed by atoms with Gasteiger partial charge in [0.05, 0.1) is 18.6 Å². The van der Waals surface area contributed by atoms with Crippen molar-refractivity contribution in [2.24, 2.45) is 0 Å². The Morgan fingerprint density at radius 2 is 2.04 bits per heavy atom. The van der Waals surface area contributed by atoms with Crippen LogP contribution in [-0.4, -0.2) is 53.0 Å². The molecule has 0 aliphatic carbocycles. The van der Waals surface area contributed by atoms with E-state index in [4.69, 9.17) is 9.90 Å². The number of carbonyl (C=O) groups excluding carboxylic acids is 1. The van der Waals surface area contributed by atoms with Crippen LogP contribution in [0.15, 0.2) is 42.9 Å². The van der Waals surface area contributed by atoms with E-state index in [2.05, 4.69) is 20.2 Å². The van der Waals surface area contributed by atoms with Crippen molar-refractivity contribution in [3.8, 4) is 0 Å². The van der Waals surface area contributed by atoms with E-state index in [-0.39, 0.29) is 18.4 Å². The number of amides is 1. The Kier molecular flexibility index (Phi) is 8.09. The van der Waals surface area contributed by atoms with E-state index in [0.717, 1.165) is 18.5 Å². The Labute approximate surface area is 135 Å². The number of carboxylic acid groups (broad SMARTS) is 1. The summed E-state index contributed by atoms with van der Waals surface area (Å²) >= 11 is 0. The standard InChI is InChI=1S/C15H20N4O.CH2O2/c1-19(2)9-8-13(12-6-4-3-5-7-12)18-15(20)14-10-16-11-17-14;2-1-3/h3-7,10-11,13H,8-9H2,1-2H3,(H,16,17)(H,18,20);1H,(H,2,3). The second-order valence-corrected chi connectivity index (χ2v) is 5.10. The molecule has 23 heavy (non-hydrogen) atoms. The largest absolute Gasteiger partial charge is 0.483 e. The fourth-order valence-corrected chi connectivity index (χ4v) is 2.01. The molecule has 1 aromatic heterocycles. The van der Waals surface area contributed by atoms with E-state index in [1.807, 2.05) is 44.4 Å². The lowest BCUT2D eigenvalue weighted by molar-refractivity contribution is -0.122. The average molecular weight is 318 g/mol. The number of carbonyl (C=O) groups is 2. The van der Waals surface area contributed by atoms with E-state index >= 15 is 0 Å². The second kappa shape index (κ2) is 10.1. The molecule has 7 heteroatoms. The van der Waals surface area contributed by atoms with Gasteiger partial charge in [-0.1, -0.05) is 30.3 Å². The minimum Gasteiger partial charge on any atom is -0.483 e. The van der Waals surface area contributed by atoms with Gasteiger partial charge in [-0.2, -0.15) is 0 Å². The molecule has 2 rings (SSSR count). The quantitative estimate of drug-likeness (QED) is 0.702. The molecule has 124 valence electrons. The van der Waals surface area contributed by atoms with Gasteiger partial charge in [0.1, 0.15) is 5.69 Å². The minimum atomic E-state index is -0.250. The summed E-state index contributed by atoms with van der Waals surface area (Å²) in [5.74, 6) is -0.130. The molecule has 0 aliphatic rings. The number of nitrogens with one attached hydrogen (secondary N) is 2. The third-order valence-electron chi connectivity index (χ3n) is 3.12. The van der Waals surface area contributed by atoms with Gasteiger partial charge in [0.15, 0.2) is 0 Å². The number of hydrogen-bond donors (Lipinski definition) is 3. The Bertz CT molecular complexity index is 570. The zero-order valence-electron chi connectivity index (χ0n) is 13.3. The van der Waals surface area contributed by atoms with Crippen LogP contribution in [0.1, 0.15) is 28.5 Å². The predicted molar refractivity (Wildman–Crippen MR) is 87.1 cm³/mol. The summed E-state index contributed by atoms with van der Waals surface area (Å²) in [6.07, 6.45) is 3.90. The van der Waals surface area contributed by atoms with Gasteiger partial charge in [-0.05, 0) is 32.6 Å². The number of benzene rings is 1. The van der Waals surface area contributed by atoms with Gasteiger partial charge in [-0.15, -0.1) is 0 Å². The number of aromatic amines is 1. The summed E-state index contributed by atoms with van der Waals surface area (Å²) in [5.41, 5.74) is 1.60. The molecule has 0 saturated heterocycles. The highest BCUT2D eigenvalue weighted by Gasteiger charge is 2.16. The minimum absolute atomic E-state index is 0.00519. The van der Waals surface area contributed by atoms with Crippen molar-refractivity contribution >= 4 is 12.4 Å². The molecule has 0 saturated carbocycles. The summed E-state index contributed by atoms with van der Waals surface area (Å²) in [7, 11) is 4.05. The maximum Gasteiger partial charge on any atom is 0.290 e. The van der Waals surface area contributed by atoms with E-state index in [1.165, 1.54) is 12.5 Å². The van der Waals surface area contributed by atoms with Gasteiger partial charge in [0, 0.05) is 0 Å². The van der Waals surface area contributed by atoms with Crippen LogP contribution in [0.25, 0.3) is 0 Å². The maximum absolute atomic E-state index is 12.1. The number of hydrogen-bond acceptors (Lipinski definition) is 4. The van der Waals surface area contributed by atoms with Gasteiger partial charge < -0.3 is 20.3 Å². The first-order chi connectivity index (χ1) is 11.1. The Morgan fingerprint density at radius 3 is 2.57 bits per heavy atom. The Morgan fingerprint density at radius 1 is 1.39 bits per heavy atom. The van der Waals surface area contributed by atoms with E-state index in [1.54, 1.807) is 0 Å². The maximum atomic E-state index is 12.1. The molecule has 2 aromatic rings. The molecule has 1 amide bonds. The van der Waals surface area contributed by atoms with E-state index in [9.17, 15) is 4.79 Å². The van der Waals surface area contributed by atoms with E-state index < -0.39 is 0 Å². The molecular formula is C16H22N4O3. The van der Waals surface area contributed by atoms with Crippen molar-refractivity contribution in [2.75, 3.05) is 20.6 Å². The van der Waals surface area contributed by atoms with Gasteiger partial charge in [0.2, 0.25) is 0 Å². The lowest BCUT2D eigenvalue weighted by Crippen LogP contribution is -2.31. The number of H-pyrrole nitrogens is 1. The third-order valence-corrected chi connectivity index (χ3v) is 3.12. The molecule has 1 unspecified atom stereocenters. The van der Waals surface area contributed by atoms with Crippen LogP contribution < -0.4 is 5.32 Å². The molecule has 0 bridgehead atoms. The zero-order chi connectivity index (χ0) is 17.1. The SMILES string of the molecule is CN(C)CCC(NC(=O)c1cnc[nH]1)c1ccccc1.O=CO. The van der Waals surface area contributed by atoms with Crippen molar-refractivity contribution in [3.05, 3.63) is 54.1 Å². The van der Waals surface area contributed by atoms with Crippen LogP contribution >= 0.6 is 0 Å². The molecule has 0 aliphatic heterocycles. The molecule has 7 nitrogen and oxygen atoms in total. The third kappa shape index (κ3) is 6.75. The van der Waals surface area contributed by atoms with Crippen LogP contribution in [0.3, 0.4) is 0 Å². The Balaban J connectivity index is 0.000000816. The lowest BCUT2D eigenvalue weighted by atomic mass is 10.0. The van der Waals surface area contributed by atoms with Gasteiger partial charge in [0.25, 0.3) is 12.4 Å². The van der Waals surface area contributed by atoms with Crippen LogP contribution in [0.2, 0.25) is 0 Å². The summed E-state index contributed by atoms with van der Waals surface area (Å²) in [5, 5.41) is 9.94. The molecule has 0 fully saturated rings. The average Bonchev–Trinajstić information content (AvgIpc) is 3.07. The fourth-order valence-electron chi connectivity index (χ4n) is 2.01.